The number of aromatic nitrogens is 1. The number of anilines is 1. The summed E-state index contributed by atoms with van der Waals surface area (Å²) in [7, 11) is 2.10. The average molecular weight is 400 g/mol. The number of thiazole rings is 1. The van der Waals surface area contributed by atoms with E-state index in [0.717, 1.165) is 36.6 Å². The van der Waals surface area contributed by atoms with E-state index in [1.54, 1.807) is 16.2 Å². The minimum Gasteiger partial charge on any atom is -0.450 e. The lowest BCUT2D eigenvalue weighted by Crippen LogP contribution is -2.45. The maximum Gasteiger partial charge on any atom is 0.409 e. The first-order valence-electron chi connectivity index (χ1n) is 7.69. The molecule has 0 saturated carbocycles. The number of ether oxygens (including phenoxy) is 1. The highest BCUT2D eigenvalue weighted by Gasteiger charge is 2.27. The molecule has 126 valence electrons. The number of amides is 1. The highest BCUT2D eigenvalue weighted by molar-refractivity contribution is 8.93. The SMILES string of the molecule is Br.CCOC(=O)N1CCC(N(C)c2nc3ccccc3s2)CC1. The fourth-order valence-corrected chi connectivity index (χ4v) is 3.82. The van der Waals surface area contributed by atoms with Crippen molar-refractivity contribution in [3.8, 4) is 0 Å². The van der Waals surface area contributed by atoms with Crippen molar-refractivity contribution in [1.29, 1.82) is 0 Å². The van der Waals surface area contributed by atoms with Crippen LogP contribution in [0.25, 0.3) is 10.2 Å². The molecule has 7 heteroatoms. The van der Waals surface area contributed by atoms with E-state index in [0.29, 0.717) is 12.6 Å². The molecule has 23 heavy (non-hydrogen) atoms. The molecule has 0 bridgehead atoms. The Labute approximate surface area is 151 Å². The van der Waals surface area contributed by atoms with Gasteiger partial charge in [0.1, 0.15) is 0 Å². The highest BCUT2D eigenvalue weighted by atomic mass is 79.9. The minimum absolute atomic E-state index is 0. The van der Waals surface area contributed by atoms with Crippen molar-refractivity contribution in [3.05, 3.63) is 24.3 Å². The van der Waals surface area contributed by atoms with Crippen molar-refractivity contribution in [2.75, 3.05) is 31.6 Å². The van der Waals surface area contributed by atoms with Gasteiger partial charge in [0, 0.05) is 26.2 Å². The fourth-order valence-electron chi connectivity index (χ4n) is 2.82. The van der Waals surface area contributed by atoms with E-state index in [1.807, 2.05) is 25.1 Å². The number of hydrogen-bond donors (Lipinski definition) is 0. The van der Waals surface area contributed by atoms with Gasteiger partial charge >= 0.3 is 6.09 Å². The van der Waals surface area contributed by atoms with Crippen LogP contribution in [0.15, 0.2) is 24.3 Å². The molecule has 2 aromatic rings. The molecule has 0 radical (unpaired) electrons. The van der Waals surface area contributed by atoms with Gasteiger partial charge in [-0.05, 0) is 31.9 Å². The molecule has 1 fully saturated rings. The standard InChI is InChI=1S/C16H21N3O2S.BrH/c1-3-21-16(20)19-10-8-12(9-11-19)18(2)15-17-13-6-4-5-7-14(13)22-15;/h4-7,12H,3,8-11H2,1-2H3;1H. The van der Waals surface area contributed by atoms with Crippen molar-refractivity contribution in [3.63, 3.8) is 0 Å². The Morgan fingerprint density at radius 2 is 2.09 bits per heavy atom. The zero-order valence-corrected chi connectivity index (χ0v) is 15.9. The summed E-state index contributed by atoms with van der Waals surface area (Å²) in [5.41, 5.74) is 1.05. The van der Waals surface area contributed by atoms with E-state index in [2.05, 4.69) is 18.0 Å². The molecule has 2 heterocycles. The molecular formula is C16H22BrN3O2S. The van der Waals surface area contributed by atoms with Crippen LogP contribution >= 0.6 is 28.3 Å². The maximum absolute atomic E-state index is 11.7. The normalized spacial score (nSPS) is 15.3. The Balaban J connectivity index is 0.00000192. The van der Waals surface area contributed by atoms with Crippen LogP contribution < -0.4 is 4.90 Å². The Morgan fingerprint density at radius 1 is 1.39 bits per heavy atom. The van der Waals surface area contributed by atoms with Crippen LogP contribution in [0.5, 0.6) is 0 Å². The number of likely N-dealkylation sites (tertiary alicyclic amines) is 1. The smallest absolute Gasteiger partial charge is 0.409 e. The predicted molar refractivity (Wildman–Crippen MR) is 100.0 cm³/mol. The number of hydrogen-bond acceptors (Lipinski definition) is 5. The van der Waals surface area contributed by atoms with E-state index >= 15 is 0 Å². The Hall–Kier alpha value is -1.34. The zero-order chi connectivity index (χ0) is 15.5. The number of para-hydroxylation sites is 1. The van der Waals surface area contributed by atoms with Gasteiger partial charge in [-0.2, -0.15) is 0 Å². The second-order valence-electron chi connectivity index (χ2n) is 5.49. The molecule has 0 atom stereocenters. The van der Waals surface area contributed by atoms with Gasteiger partial charge in [-0.15, -0.1) is 17.0 Å². The first kappa shape index (κ1) is 18.0. The van der Waals surface area contributed by atoms with Crippen LogP contribution in [-0.2, 0) is 4.74 Å². The van der Waals surface area contributed by atoms with Gasteiger partial charge in [0.05, 0.1) is 16.8 Å². The molecular weight excluding hydrogens is 378 g/mol. The number of fused-ring (bicyclic) bond motifs is 1. The lowest BCUT2D eigenvalue weighted by atomic mass is 10.0. The van der Waals surface area contributed by atoms with Crippen LogP contribution in [0.1, 0.15) is 19.8 Å². The van der Waals surface area contributed by atoms with Gasteiger partial charge < -0.3 is 14.5 Å². The molecule has 0 N–H and O–H groups in total. The second kappa shape index (κ2) is 7.97. The van der Waals surface area contributed by atoms with Gasteiger partial charge in [-0.25, -0.2) is 9.78 Å². The molecule has 3 rings (SSSR count). The summed E-state index contributed by atoms with van der Waals surface area (Å²) in [4.78, 5) is 20.5. The van der Waals surface area contributed by atoms with Gasteiger partial charge in [0.15, 0.2) is 5.13 Å². The number of nitrogens with zero attached hydrogens (tertiary/aromatic N) is 3. The maximum atomic E-state index is 11.7. The molecule has 1 aromatic heterocycles. The molecule has 1 saturated heterocycles. The van der Waals surface area contributed by atoms with Crippen LogP contribution in [0.3, 0.4) is 0 Å². The largest absolute Gasteiger partial charge is 0.450 e. The summed E-state index contributed by atoms with van der Waals surface area (Å²) in [5, 5.41) is 1.05. The lowest BCUT2D eigenvalue weighted by Gasteiger charge is -2.36. The van der Waals surface area contributed by atoms with Gasteiger partial charge in [-0.1, -0.05) is 23.5 Å². The Kier molecular flexibility index (Phi) is 6.24. The van der Waals surface area contributed by atoms with E-state index < -0.39 is 0 Å². The summed E-state index contributed by atoms with van der Waals surface area (Å²) < 4.78 is 6.28. The molecule has 5 nitrogen and oxygen atoms in total. The number of halogens is 1. The number of carbonyl (C=O) groups is 1. The van der Waals surface area contributed by atoms with Crippen LogP contribution in [0.4, 0.5) is 9.93 Å². The van der Waals surface area contributed by atoms with Crippen LogP contribution in [0, 0.1) is 0 Å². The molecule has 1 aliphatic rings. The van der Waals surface area contributed by atoms with Crippen molar-refractivity contribution in [2.24, 2.45) is 0 Å². The number of piperidine rings is 1. The minimum atomic E-state index is -0.191. The van der Waals surface area contributed by atoms with E-state index in [1.165, 1.54) is 4.70 Å². The third-order valence-electron chi connectivity index (χ3n) is 4.12. The van der Waals surface area contributed by atoms with Gasteiger partial charge in [-0.3, -0.25) is 0 Å². The highest BCUT2D eigenvalue weighted by Crippen LogP contribution is 2.30. The van der Waals surface area contributed by atoms with Crippen molar-refractivity contribution in [1.82, 2.24) is 9.88 Å². The lowest BCUT2D eigenvalue weighted by molar-refractivity contribution is 0.0971. The summed E-state index contributed by atoms with van der Waals surface area (Å²) in [5.74, 6) is 0. The summed E-state index contributed by atoms with van der Waals surface area (Å²) in [6, 6.07) is 8.64. The van der Waals surface area contributed by atoms with E-state index in [9.17, 15) is 4.79 Å². The van der Waals surface area contributed by atoms with E-state index in [-0.39, 0.29) is 23.1 Å². The third kappa shape index (κ3) is 3.95. The predicted octanol–water partition coefficient (Wildman–Crippen LogP) is 3.93. The first-order chi connectivity index (χ1) is 10.7. The summed E-state index contributed by atoms with van der Waals surface area (Å²) in [6.45, 7) is 3.77. The molecule has 1 aliphatic heterocycles. The monoisotopic (exact) mass is 399 g/mol. The second-order valence-corrected chi connectivity index (χ2v) is 6.50. The van der Waals surface area contributed by atoms with Gasteiger partial charge in [0.25, 0.3) is 0 Å². The van der Waals surface area contributed by atoms with Crippen molar-refractivity contribution < 1.29 is 9.53 Å². The fraction of sp³-hybridized carbons (Fsp3) is 0.500. The molecule has 1 amide bonds. The van der Waals surface area contributed by atoms with Crippen molar-refractivity contribution >= 4 is 49.8 Å². The molecule has 0 aliphatic carbocycles. The first-order valence-corrected chi connectivity index (χ1v) is 8.50. The number of carbonyl (C=O) groups excluding carboxylic acids is 1. The number of benzene rings is 1. The topological polar surface area (TPSA) is 45.7 Å². The molecule has 1 aromatic carbocycles. The molecule has 0 spiro atoms. The van der Waals surface area contributed by atoms with Crippen LogP contribution in [-0.4, -0.2) is 48.8 Å². The zero-order valence-electron chi connectivity index (χ0n) is 13.4. The quantitative estimate of drug-likeness (QED) is 0.783. The average Bonchev–Trinajstić information content (AvgIpc) is 2.98. The van der Waals surface area contributed by atoms with Crippen molar-refractivity contribution in [2.45, 2.75) is 25.8 Å². The van der Waals surface area contributed by atoms with E-state index in [4.69, 9.17) is 9.72 Å². The van der Waals surface area contributed by atoms with Crippen LogP contribution in [0.2, 0.25) is 0 Å². The summed E-state index contributed by atoms with van der Waals surface area (Å²) in [6.07, 6.45) is 1.71. The Bertz CT molecular complexity index is 623. The Morgan fingerprint density at radius 3 is 2.74 bits per heavy atom. The summed E-state index contributed by atoms with van der Waals surface area (Å²) >= 11 is 1.72. The third-order valence-corrected chi connectivity index (χ3v) is 5.25. The molecule has 0 unspecified atom stereocenters. The van der Waals surface area contributed by atoms with Gasteiger partial charge in [0.2, 0.25) is 0 Å². The number of rotatable bonds is 3.